The molecule has 31 heavy (non-hydrogen) atoms. The molecule has 3 N–H and O–H groups in total. The monoisotopic (exact) mass is 456 g/mol. The molecule has 1 heterocycles. The maximum absolute atomic E-state index is 13.7. The summed E-state index contributed by atoms with van der Waals surface area (Å²) in [5, 5.41) is 19.5. The number of aliphatic hydroxyl groups is 1. The minimum atomic E-state index is -4.19. The lowest BCUT2D eigenvalue weighted by Gasteiger charge is -2.42. The third-order valence-electron chi connectivity index (χ3n) is 5.14. The topological polar surface area (TPSA) is 116 Å². The summed E-state index contributed by atoms with van der Waals surface area (Å²) >= 11 is 0. The number of carbonyl (C=O) groups is 1. The molecule has 2 aromatic rings. The summed E-state index contributed by atoms with van der Waals surface area (Å²) in [6, 6.07) is 6.80. The van der Waals surface area contributed by atoms with Gasteiger partial charge in [-0.25, -0.2) is 22.7 Å². The highest BCUT2D eigenvalue weighted by molar-refractivity contribution is 7.89. The smallest absolute Gasteiger partial charge is 0.264 e. The van der Waals surface area contributed by atoms with Gasteiger partial charge in [0.15, 0.2) is 0 Å². The van der Waals surface area contributed by atoms with Crippen LogP contribution in [0.25, 0.3) is 0 Å². The van der Waals surface area contributed by atoms with Crippen LogP contribution >= 0.6 is 0 Å². The van der Waals surface area contributed by atoms with E-state index in [4.69, 9.17) is 9.94 Å². The Kier molecular flexibility index (Phi) is 6.60. The lowest BCUT2D eigenvalue weighted by Crippen LogP contribution is -2.62. The van der Waals surface area contributed by atoms with Crippen LogP contribution < -0.4 is 10.2 Å². The van der Waals surface area contributed by atoms with Gasteiger partial charge in [-0.3, -0.25) is 10.0 Å². The number of amides is 1. The maximum atomic E-state index is 13.7. The Morgan fingerprint density at radius 2 is 1.94 bits per heavy atom. The van der Waals surface area contributed by atoms with Crippen molar-refractivity contribution in [2.75, 3.05) is 6.54 Å². The number of carbonyl (C=O) groups excluding carboxylic acids is 1. The molecule has 0 spiro atoms. The molecule has 1 amide bonds. The number of nitrogens with zero attached hydrogens (tertiary/aromatic N) is 1. The number of hydrogen-bond donors (Lipinski definition) is 3. The fraction of sp³-hybridized carbons (Fsp3) is 0.350. The van der Waals surface area contributed by atoms with Crippen molar-refractivity contribution in [3.63, 3.8) is 0 Å². The number of sulfonamides is 1. The highest BCUT2D eigenvalue weighted by Gasteiger charge is 2.49. The SMILES string of the molecule is CC1(O)CCCN(S(=O)(=O)c2ccc(OCc3ccc(F)cc3F)cc2)C1C(=O)NO. The van der Waals surface area contributed by atoms with Crippen molar-refractivity contribution in [3.8, 4) is 5.75 Å². The van der Waals surface area contributed by atoms with Crippen LogP contribution in [0.4, 0.5) is 8.78 Å². The third kappa shape index (κ3) is 4.85. The van der Waals surface area contributed by atoms with Crippen LogP contribution in [0.5, 0.6) is 5.75 Å². The zero-order valence-electron chi connectivity index (χ0n) is 16.6. The number of hydroxylamine groups is 1. The first kappa shape index (κ1) is 23.1. The van der Waals surface area contributed by atoms with Crippen molar-refractivity contribution in [2.24, 2.45) is 0 Å². The van der Waals surface area contributed by atoms with Gasteiger partial charge in [-0.2, -0.15) is 4.31 Å². The van der Waals surface area contributed by atoms with Gasteiger partial charge in [0, 0.05) is 18.2 Å². The van der Waals surface area contributed by atoms with Crippen molar-refractivity contribution >= 4 is 15.9 Å². The Balaban J connectivity index is 1.79. The normalized spacial score (nSPS) is 22.2. The van der Waals surface area contributed by atoms with Crippen molar-refractivity contribution in [3.05, 3.63) is 59.7 Å². The van der Waals surface area contributed by atoms with Crippen molar-refractivity contribution in [2.45, 2.75) is 42.9 Å². The van der Waals surface area contributed by atoms with Crippen LogP contribution in [-0.2, 0) is 21.4 Å². The Hall–Kier alpha value is -2.60. The molecule has 0 bridgehead atoms. The summed E-state index contributed by atoms with van der Waals surface area (Å²) in [5.74, 6) is -2.25. The molecule has 0 aromatic heterocycles. The van der Waals surface area contributed by atoms with E-state index >= 15 is 0 Å². The quantitative estimate of drug-likeness (QED) is 0.452. The van der Waals surface area contributed by atoms with Gasteiger partial charge in [0.1, 0.15) is 30.0 Å². The van der Waals surface area contributed by atoms with Gasteiger partial charge in [-0.05, 0) is 56.2 Å². The number of nitrogens with one attached hydrogen (secondary N) is 1. The summed E-state index contributed by atoms with van der Waals surface area (Å²) in [6.07, 6.45) is 0.510. The number of halogens is 2. The van der Waals surface area contributed by atoms with E-state index in [1.807, 2.05) is 0 Å². The molecule has 1 aliphatic heterocycles. The Labute approximate surface area is 178 Å². The molecular formula is C20H22F2N2O6S. The second-order valence-electron chi connectivity index (χ2n) is 7.45. The molecule has 11 heteroatoms. The highest BCUT2D eigenvalue weighted by Crippen LogP contribution is 2.32. The van der Waals surface area contributed by atoms with E-state index in [0.717, 1.165) is 16.4 Å². The fourth-order valence-electron chi connectivity index (χ4n) is 3.55. The minimum absolute atomic E-state index is 0.0152. The van der Waals surface area contributed by atoms with Gasteiger partial charge in [-0.1, -0.05) is 0 Å². The molecule has 0 radical (unpaired) electrons. The Morgan fingerprint density at radius 1 is 1.26 bits per heavy atom. The first-order valence-corrected chi connectivity index (χ1v) is 10.9. The molecule has 1 fully saturated rings. The average molecular weight is 456 g/mol. The first-order chi connectivity index (χ1) is 14.6. The molecule has 8 nitrogen and oxygen atoms in total. The van der Waals surface area contributed by atoms with Crippen LogP contribution in [-0.4, -0.2) is 47.1 Å². The second kappa shape index (κ2) is 8.87. The number of piperidine rings is 1. The van der Waals surface area contributed by atoms with E-state index < -0.39 is 39.2 Å². The predicted molar refractivity (Wildman–Crippen MR) is 105 cm³/mol. The van der Waals surface area contributed by atoms with Crippen LogP contribution in [0.1, 0.15) is 25.3 Å². The third-order valence-corrected chi connectivity index (χ3v) is 7.02. The number of rotatable bonds is 6. The van der Waals surface area contributed by atoms with Crippen molar-refractivity contribution in [1.29, 1.82) is 0 Å². The first-order valence-electron chi connectivity index (χ1n) is 9.41. The summed E-state index contributed by atoms with van der Waals surface area (Å²) in [5.41, 5.74) is -0.121. The van der Waals surface area contributed by atoms with Crippen LogP contribution in [0.3, 0.4) is 0 Å². The number of ether oxygens (including phenoxy) is 1. The zero-order chi connectivity index (χ0) is 22.8. The van der Waals surface area contributed by atoms with Gasteiger partial charge >= 0.3 is 0 Å². The van der Waals surface area contributed by atoms with Gasteiger partial charge < -0.3 is 9.84 Å². The molecule has 1 saturated heterocycles. The maximum Gasteiger partial charge on any atom is 0.264 e. The molecule has 1 aliphatic rings. The van der Waals surface area contributed by atoms with Gasteiger partial charge in [0.2, 0.25) is 10.0 Å². The van der Waals surface area contributed by atoms with E-state index in [0.29, 0.717) is 6.42 Å². The lowest BCUT2D eigenvalue weighted by atomic mass is 9.87. The molecule has 0 saturated carbocycles. The van der Waals surface area contributed by atoms with Gasteiger partial charge in [0.05, 0.1) is 10.5 Å². The molecule has 3 rings (SSSR count). The van der Waals surface area contributed by atoms with Crippen molar-refractivity contribution < 1.29 is 37.0 Å². The van der Waals surface area contributed by atoms with Crippen LogP contribution in [0, 0.1) is 11.6 Å². The summed E-state index contributed by atoms with van der Waals surface area (Å²) < 4.78 is 59.2. The number of hydrogen-bond acceptors (Lipinski definition) is 6. The molecule has 0 aliphatic carbocycles. The largest absolute Gasteiger partial charge is 0.489 e. The van der Waals surface area contributed by atoms with Crippen LogP contribution in [0.15, 0.2) is 47.4 Å². The van der Waals surface area contributed by atoms with E-state index in [2.05, 4.69) is 0 Å². The molecule has 2 atom stereocenters. The highest BCUT2D eigenvalue weighted by atomic mass is 32.2. The van der Waals surface area contributed by atoms with E-state index in [9.17, 15) is 27.1 Å². The van der Waals surface area contributed by atoms with Crippen LogP contribution in [0.2, 0.25) is 0 Å². The summed E-state index contributed by atoms with van der Waals surface area (Å²) in [6.45, 7) is 1.13. The van der Waals surface area contributed by atoms with E-state index in [-0.39, 0.29) is 35.8 Å². The number of benzene rings is 2. The zero-order valence-corrected chi connectivity index (χ0v) is 17.4. The average Bonchev–Trinajstić information content (AvgIpc) is 2.72. The molecule has 2 unspecified atom stereocenters. The minimum Gasteiger partial charge on any atom is -0.489 e. The fourth-order valence-corrected chi connectivity index (χ4v) is 5.27. The Bertz CT molecular complexity index is 1060. The second-order valence-corrected chi connectivity index (χ2v) is 9.34. The standard InChI is InChI=1S/C20H22F2N2O6S/c1-20(26)9-2-10-24(18(20)19(25)23-27)31(28,29)16-7-5-15(6-8-16)30-12-13-3-4-14(21)11-17(13)22/h3-8,11,18,26-27H,2,9-10,12H2,1H3,(H,23,25). The van der Waals surface area contributed by atoms with Gasteiger partial charge in [0.25, 0.3) is 5.91 Å². The summed E-state index contributed by atoms with van der Waals surface area (Å²) in [7, 11) is -4.19. The predicted octanol–water partition coefficient (Wildman–Crippen LogP) is 1.95. The summed E-state index contributed by atoms with van der Waals surface area (Å²) in [4.78, 5) is 11.9. The molecule has 168 valence electrons. The van der Waals surface area contributed by atoms with Crippen molar-refractivity contribution in [1.82, 2.24) is 9.79 Å². The van der Waals surface area contributed by atoms with E-state index in [1.54, 1.807) is 0 Å². The van der Waals surface area contributed by atoms with Gasteiger partial charge in [-0.15, -0.1) is 0 Å². The molecule has 2 aromatic carbocycles. The van der Waals surface area contributed by atoms with E-state index in [1.165, 1.54) is 42.7 Å². The Morgan fingerprint density at radius 3 is 2.55 bits per heavy atom. The lowest BCUT2D eigenvalue weighted by molar-refractivity contribution is -0.144. The molecular weight excluding hydrogens is 434 g/mol.